The molecule has 1 aromatic carbocycles. The molecule has 3 rings (SSSR count). The molecule has 0 spiro atoms. The zero-order valence-corrected chi connectivity index (χ0v) is 11.5. The second-order valence-corrected chi connectivity index (χ2v) is 6.02. The van der Waals surface area contributed by atoms with Crippen LogP contribution in [0.5, 0.6) is 0 Å². The topological polar surface area (TPSA) is 24.9 Å². The molecule has 1 saturated carbocycles. The second-order valence-electron chi connectivity index (χ2n) is 5.25. The lowest BCUT2D eigenvalue weighted by Gasteiger charge is -2.08. The van der Waals surface area contributed by atoms with Gasteiger partial charge in [0.25, 0.3) is 0 Å². The molecule has 0 aliphatic heterocycles. The lowest BCUT2D eigenvalue weighted by atomic mass is 10.0. The van der Waals surface area contributed by atoms with E-state index in [0.717, 1.165) is 18.0 Å². The Balaban J connectivity index is 1.50. The third-order valence-corrected chi connectivity index (χ3v) is 4.77. The highest BCUT2D eigenvalue weighted by molar-refractivity contribution is 7.11. The average molecular weight is 260 g/mol. The highest BCUT2D eigenvalue weighted by Crippen LogP contribution is 2.29. The van der Waals surface area contributed by atoms with Gasteiger partial charge in [-0.3, -0.25) is 0 Å². The molecule has 0 unspecified atom stereocenters. The van der Waals surface area contributed by atoms with Crippen LogP contribution in [0.1, 0.15) is 38.5 Å². The number of hydrogen-bond donors (Lipinski definition) is 1. The number of nitrogens with one attached hydrogen (secondary N) is 1. The van der Waals surface area contributed by atoms with Crippen molar-refractivity contribution in [2.24, 2.45) is 5.92 Å². The quantitative estimate of drug-likeness (QED) is 0.790. The van der Waals surface area contributed by atoms with Crippen LogP contribution in [-0.4, -0.2) is 10.9 Å². The molecule has 96 valence electrons. The van der Waals surface area contributed by atoms with Crippen LogP contribution in [0.2, 0.25) is 0 Å². The summed E-state index contributed by atoms with van der Waals surface area (Å²) >= 11 is 1.58. The molecule has 1 N–H and O–H groups in total. The molecule has 18 heavy (non-hydrogen) atoms. The maximum atomic E-state index is 4.45. The largest absolute Gasteiger partial charge is 0.375 e. The van der Waals surface area contributed by atoms with Gasteiger partial charge in [-0.1, -0.05) is 37.8 Å². The predicted molar refractivity (Wildman–Crippen MR) is 79.3 cm³/mol. The van der Waals surface area contributed by atoms with Crippen LogP contribution in [-0.2, 0) is 0 Å². The molecule has 1 heterocycles. The fourth-order valence-electron chi connectivity index (χ4n) is 2.91. The van der Waals surface area contributed by atoms with E-state index in [-0.39, 0.29) is 0 Å². The number of hydrogen-bond acceptors (Lipinski definition) is 3. The van der Waals surface area contributed by atoms with Gasteiger partial charge in [0, 0.05) is 11.9 Å². The van der Waals surface area contributed by atoms with E-state index >= 15 is 0 Å². The van der Waals surface area contributed by atoms with Crippen molar-refractivity contribution in [3.8, 4) is 0 Å². The normalized spacial score (nSPS) is 16.4. The van der Waals surface area contributed by atoms with E-state index in [9.17, 15) is 0 Å². The SMILES string of the molecule is c1ccc2c(NCCCC3CCCC3)snc2c1. The number of fused-ring (bicyclic) bond motifs is 1. The molecular formula is C15H20N2S. The Bertz CT molecular complexity index is 500. The maximum Gasteiger partial charge on any atom is 0.117 e. The van der Waals surface area contributed by atoms with Gasteiger partial charge in [-0.2, -0.15) is 4.37 Å². The number of aromatic nitrogens is 1. The predicted octanol–water partition coefficient (Wildman–Crippen LogP) is 4.68. The summed E-state index contributed by atoms with van der Waals surface area (Å²) in [4.78, 5) is 0. The fraction of sp³-hybridized carbons (Fsp3) is 0.533. The molecule has 3 heteroatoms. The van der Waals surface area contributed by atoms with Gasteiger partial charge in [0.1, 0.15) is 5.00 Å². The van der Waals surface area contributed by atoms with Crippen LogP contribution in [0.25, 0.3) is 10.9 Å². The zero-order chi connectivity index (χ0) is 12.2. The Morgan fingerprint density at radius 1 is 1.22 bits per heavy atom. The number of benzene rings is 1. The third kappa shape index (κ3) is 2.66. The monoisotopic (exact) mass is 260 g/mol. The van der Waals surface area contributed by atoms with E-state index in [1.165, 1.54) is 48.9 Å². The van der Waals surface area contributed by atoms with E-state index in [0.29, 0.717) is 0 Å². The molecule has 0 amide bonds. The minimum absolute atomic E-state index is 1.00. The maximum absolute atomic E-state index is 4.45. The first kappa shape index (κ1) is 12.0. The molecule has 0 bridgehead atoms. The van der Waals surface area contributed by atoms with Gasteiger partial charge in [-0.05, 0) is 42.4 Å². The summed E-state index contributed by atoms with van der Waals surface area (Å²) in [6.45, 7) is 1.09. The summed E-state index contributed by atoms with van der Waals surface area (Å²) < 4.78 is 4.45. The molecule has 0 radical (unpaired) electrons. The van der Waals surface area contributed by atoms with E-state index < -0.39 is 0 Å². The summed E-state index contributed by atoms with van der Waals surface area (Å²) in [6.07, 6.45) is 8.52. The Morgan fingerprint density at radius 2 is 2.06 bits per heavy atom. The van der Waals surface area contributed by atoms with Crippen LogP contribution < -0.4 is 5.32 Å². The van der Waals surface area contributed by atoms with Crippen molar-refractivity contribution in [1.82, 2.24) is 4.37 Å². The second kappa shape index (κ2) is 5.70. The van der Waals surface area contributed by atoms with Gasteiger partial charge < -0.3 is 5.32 Å². The Hall–Kier alpha value is -1.09. The van der Waals surface area contributed by atoms with E-state index in [1.807, 2.05) is 6.07 Å². The summed E-state index contributed by atoms with van der Waals surface area (Å²) in [5.74, 6) is 1.00. The molecular weight excluding hydrogens is 240 g/mol. The number of anilines is 1. The molecule has 0 atom stereocenters. The summed E-state index contributed by atoms with van der Waals surface area (Å²) in [7, 11) is 0. The van der Waals surface area contributed by atoms with Gasteiger partial charge in [0.15, 0.2) is 0 Å². The van der Waals surface area contributed by atoms with Gasteiger partial charge >= 0.3 is 0 Å². The van der Waals surface area contributed by atoms with E-state index in [1.54, 1.807) is 11.5 Å². The van der Waals surface area contributed by atoms with Crippen molar-refractivity contribution in [3.05, 3.63) is 24.3 Å². The smallest absolute Gasteiger partial charge is 0.117 e. The van der Waals surface area contributed by atoms with Gasteiger partial charge in [0.05, 0.1) is 5.52 Å². The van der Waals surface area contributed by atoms with Crippen LogP contribution in [0.15, 0.2) is 24.3 Å². The minimum Gasteiger partial charge on any atom is -0.375 e. The first-order chi connectivity index (χ1) is 8.93. The van der Waals surface area contributed by atoms with Crippen LogP contribution in [0.3, 0.4) is 0 Å². The first-order valence-corrected chi connectivity index (χ1v) is 7.79. The average Bonchev–Trinajstić information content (AvgIpc) is 3.04. The molecule has 0 saturated heterocycles. The molecule has 1 aliphatic carbocycles. The standard InChI is InChI=1S/C15H20N2S/c1-2-7-12(6-1)8-5-11-16-15-13-9-3-4-10-14(13)17-18-15/h3-4,9-10,12,16H,1-2,5-8,11H2. The van der Waals surface area contributed by atoms with Crippen molar-refractivity contribution in [3.63, 3.8) is 0 Å². The third-order valence-electron chi connectivity index (χ3n) is 3.93. The summed E-state index contributed by atoms with van der Waals surface area (Å²) in [5.41, 5.74) is 1.11. The highest BCUT2D eigenvalue weighted by atomic mass is 32.1. The summed E-state index contributed by atoms with van der Waals surface area (Å²) in [6, 6.07) is 8.36. The molecule has 1 aromatic heterocycles. The first-order valence-electron chi connectivity index (χ1n) is 7.02. The van der Waals surface area contributed by atoms with Gasteiger partial charge in [-0.15, -0.1) is 0 Å². The van der Waals surface area contributed by atoms with Gasteiger partial charge in [-0.25, -0.2) is 0 Å². The molecule has 2 nitrogen and oxygen atoms in total. The van der Waals surface area contributed by atoms with Crippen LogP contribution in [0.4, 0.5) is 5.00 Å². The Morgan fingerprint density at radius 3 is 2.94 bits per heavy atom. The molecule has 2 aromatic rings. The lowest BCUT2D eigenvalue weighted by molar-refractivity contribution is 0.491. The number of nitrogens with zero attached hydrogens (tertiary/aromatic N) is 1. The Labute approximate surface area is 113 Å². The zero-order valence-electron chi connectivity index (χ0n) is 10.7. The van der Waals surface area contributed by atoms with Crippen molar-refractivity contribution in [2.75, 3.05) is 11.9 Å². The fourth-order valence-corrected chi connectivity index (χ4v) is 3.69. The van der Waals surface area contributed by atoms with Crippen molar-refractivity contribution < 1.29 is 0 Å². The van der Waals surface area contributed by atoms with Crippen molar-refractivity contribution in [1.29, 1.82) is 0 Å². The summed E-state index contributed by atoms with van der Waals surface area (Å²) in [5, 5.41) is 6.05. The van der Waals surface area contributed by atoms with E-state index in [4.69, 9.17) is 0 Å². The van der Waals surface area contributed by atoms with E-state index in [2.05, 4.69) is 27.9 Å². The van der Waals surface area contributed by atoms with Gasteiger partial charge in [0.2, 0.25) is 0 Å². The van der Waals surface area contributed by atoms with Crippen molar-refractivity contribution in [2.45, 2.75) is 38.5 Å². The molecule has 1 fully saturated rings. The Kier molecular flexibility index (Phi) is 3.79. The van der Waals surface area contributed by atoms with Crippen molar-refractivity contribution >= 4 is 27.4 Å². The highest BCUT2D eigenvalue weighted by Gasteiger charge is 2.14. The van der Waals surface area contributed by atoms with Crippen LogP contribution >= 0.6 is 11.5 Å². The minimum atomic E-state index is 1.00. The lowest BCUT2D eigenvalue weighted by Crippen LogP contribution is -2.03. The number of rotatable bonds is 5. The molecule has 1 aliphatic rings. The van der Waals surface area contributed by atoms with Crippen LogP contribution in [0, 0.1) is 5.92 Å².